The van der Waals surface area contributed by atoms with Gasteiger partial charge in [0.15, 0.2) is 11.5 Å². The SMILES string of the molecule is CCOc1cccc(-c2ccc(CN3CCN(c4ccc(C(=O)Nc5ccc(OC)cc5)nn4)CC3)cc2F)c1. The van der Waals surface area contributed by atoms with E-state index in [1.54, 1.807) is 43.5 Å². The molecular formula is C31H32FN5O3. The first-order chi connectivity index (χ1) is 19.5. The van der Waals surface area contributed by atoms with Gasteiger partial charge in [-0.05, 0) is 72.6 Å². The Morgan fingerprint density at radius 3 is 2.40 bits per heavy atom. The molecule has 1 amide bonds. The molecule has 2 heterocycles. The van der Waals surface area contributed by atoms with E-state index >= 15 is 4.39 Å². The van der Waals surface area contributed by atoms with Crippen molar-refractivity contribution in [1.82, 2.24) is 15.1 Å². The van der Waals surface area contributed by atoms with Gasteiger partial charge < -0.3 is 19.7 Å². The molecule has 8 nitrogen and oxygen atoms in total. The number of nitrogens with one attached hydrogen (secondary N) is 1. The Hall–Kier alpha value is -4.50. The van der Waals surface area contributed by atoms with Gasteiger partial charge in [0.25, 0.3) is 5.91 Å². The topological polar surface area (TPSA) is 79.8 Å². The van der Waals surface area contributed by atoms with Crippen molar-refractivity contribution < 1.29 is 18.7 Å². The number of carbonyl (C=O) groups excluding carboxylic acids is 1. The fourth-order valence-electron chi connectivity index (χ4n) is 4.69. The molecular weight excluding hydrogens is 509 g/mol. The second-order valence-corrected chi connectivity index (χ2v) is 9.50. The monoisotopic (exact) mass is 541 g/mol. The smallest absolute Gasteiger partial charge is 0.276 e. The van der Waals surface area contributed by atoms with E-state index in [-0.39, 0.29) is 17.4 Å². The summed E-state index contributed by atoms with van der Waals surface area (Å²) in [4.78, 5) is 17.0. The predicted molar refractivity (Wildman–Crippen MR) is 153 cm³/mol. The Morgan fingerprint density at radius 2 is 1.73 bits per heavy atom. The van der Waals surface area contributed by atoms with E-state index < -0.39 is 0 Å². The van der Waals surface area contributed by atoms with Gasteiger partial charge in [0.2, 0.25) is 0 Å². The van der Waals surface area contributed by atoms with Gasteiger partial charge in [0, 0.05) is 44.0 Å². The van der Waals surface area contributed by atoms with E-state index in [1.165, 1.54) is 0 Å². The number of rotatable bonds is 9. The summed E-state index contributed by atoms with van der Waals surface area (Å²) >= 11 is 0. The average Bonchev–Trinajstić information content (AvgIpc) is 2.98. The van der Waals surface area contributed by atoms with Gasteiger partial charge in [-0.2, -0.15) is 0 Å². The van der Waals surface area contributed by atoms with Crippen molar-refractivity contribution in [3.63, 3.8) is 0 Å². The average molecular weight is 542 g/mol. The van der Waals surface area contributed by atoms with Crippen molar-refractivity contribution >= 4 is 17.4 Å². The molecule has 206 valence electrons. The van der Waals surface area contributed by atoms with E-state index in [9.17, 15) is 4.79 Å². The molecule has 0 bridgehead atoms. The summed E-state index contributed by atoms with van der Waals surface area (Å²) in [6.45, 7) is 6.30. The standard InChI is InChI=1S/C31H32FN5O3/c1-3-40-26-6-4-5-23(20-26)27-12-7-22(19-28(27)32)21-36-15-17-37(18-16-36)30-14-13-29(34-35-30)31(38)33-24-8-10-25(39-2)11-9-24/h4-14,19-20H,3,15-18,21H2,1-2H3,(H,33,38). The van der Waals surface area contributed by atoms with Gasteiger partial charge in [-0.1, -0.05) is 24.3 Å². The molecule has 0 saturated carbocycles. The van der Waals surface area contributed by atoms with Crippen LogP contribution in [0.4, 0.5) is 15.9 Å². The van der Waals surface area contributed by atoms with Crippen LogP contribution in [0.1, 0.15) is 23.0 Å². The van der Waals surface area contributed by atoms with Crippen LogP contribution in [0.25, 0.3) is 11.1 Å². The van der Waals surface area contributed by atoms with Gasteiger partial charge in [-0.15, -0.1) is 10.2 Å². The number of hydrogen-bond acceptors (Lipinski definition) is 7. The molecule has 9 heteroatoms. The number of benzene rings is 3. The van der Waals surface area contributed by atoms with Crippen molar-refractivity contribution in [2.45, 2.75) is 13.5 Å². The Labute approximate surface area is 233 Å². The van der Waals surface area contributed by atoms with Crippen LogP contribution >= 0.6 is 0 Å². The molecule has 1 saturated heterocycles. The maximum absolute atomic E-state index is 15.0. The first kappa shape index (κ1) is 27.1. The third-order valence-corrected chi connectivity index (χ3v) is 6.82. The number of carbonyl (C=O) groups is 1. The maximum Gasteiger partial charge on any atom is 0.276 e. The number of anilines is 2. The third-order valence-electron chi connectivity index (χ3n) is 6.82. The highest BCUT2D eigenvalue weighted by Gasteiger charge is 2.20. The van der Waals surface area contributed by atoms with Crippen LogP contribution in [-0.4, -0.2) is 60.9 Å². The van der Waals surface area contributed by atoms with Crippen LogP contribution in [0.15, 0.2) is 78.9 Å². The van der Waals surface area contributed by atoms with Crippen molar-refractivity contribution in [3.8, 4) is 22.6 Å². The predicted octanol–water partition coefficient (Wildman–Crippen LogP) is 5.26. The van der Waals surface area contributed by atoms with Crippen molar-refractivity contribution in [2.75, 3.05) is 50.1 Å². The molecule has 40 heavy (non-hydrogen) atoms. The normalized spacial score (nSPS) is 13.6. The summed E-state index contributed by atoms with van der Waals surface area (Å²) < 4.78 is 25.7. The summed E-state index contributed by atoms with van der Waals surface area (Å²) in [6.07, 6.45) is 0. The van der Waals surface area contributed by atoms with Crippen LogP contribution < -0.4 is 19.7 Å². The Kier molecular flexibility index (Phi) is 8.51. The molecule has 1 aromatic heterocycles. The third kappa shape index (κ3) is 6.55. The first-order valence-corrected chi connectivity index (χ1v) is 13.3. The first-order valence-electron chi connectivity index (χ1n) is 13.3. The van der Waals surface area contributed by atoms with Crippen molar-refractivity contribution in [3.05, 3.63) is 95.9 Å². The van der Waals surface area contributed by atoms with E-state index in [1.807, 2.05) is 49.4 Å². The van der Waals surface area contributed by atoms with Gasteiger partial charge in [-0.25, -0.2) is 4.39 Å². The quantitative estimate of drug-likeness (QED) is 0.310. The van der Waals surface area contributed by atoms with Crippen molar-refractivity contribution in [2.24, 2.45) is 0 Å². The highest BCUT2D eigenvalue weighted by molar-refractivity contribution is 6.02. The highest BCUT2D eigenvalue weighted by atomic mass is 19.1. The fraction of sp³-hybridized carbons (Fsp3) is 0.258. The Morgan fingerprint density at radius 1 is 0.925 bits per heavy atom. The summed E-state index contributed by atoms with van der Waals surface area (Å²) in [5.41, 5.74) is 3.19. The molecule has 0 unspecified atom stereocenters. The highest BCUT2D eigenvalue weighted by Crippen LogP contribution is 2.27. The zero-order valence-electron chi connectivity index (χ0n) is 22.6. The molecule has 5 rings (SSSR count). The zero-order chi connectivity index (χ0) is 27.9. The van der Waals surface area contributed by atoms with Gasteiger partial charge in [-0.3, -0.25) is 9.69 Å². The molecule has 1 aliphatic rings. The lowest BCUT2D eigenvalue weighted by molar-refractivity contribution is 0.102. The summed E-state index contributed by atoms with van der Waals surface area (Å²) in [5, 5.41) is 11.2. The largest absolute Gasteiger partial charge is 0.497 e. The molecule has 4 aromatic rings. The van der Waals surface area contributed by atoms with Crippen LogP contribution in [0, 0.1) is 5.82 Å². The molecule has 1 fully saturated rings. The lowest BCUT2D eigenvalue weighted by Crippen LogP contribution is -2.46. The molecule has 0 atom stereocenters. The van der Waals surface area contributed by atoms with Crippen LogP contribution in [0.5, 0.6) is 11.5 Å². The van der Waals surface area contributed by atoms with E-state index in [0.29, 0.717) is 30.2 Å². The van der Waals surface area contributed by atoms with Crippen molar-refractivity contribution in [1.29, 1.82) is 0 Å². The maximum atomic E-state index is 15.0. The molecule has 0 radical (unpaired) electrons. The number of nitrogens with zero attached hydrogens (tertiary/aromatic N) is 4. The minimum absolute atomic E-state index is 0.240. The molecule has 0 aliphatic carbocycles. The number of ether oxygens (including phenoxy) is 2. The van der Waals surface area contributed by atoms with Crippen LogP contribution in [0.2, 0.25) is 0 Å². The molecule has 1 N–H and O–H groups in total. The second kappa shape index (κ2) is 12.6. The second-order valence-electron chi connectivity index (χ2n) is 9.50. The summed E-state index contributed by atoms with van der Waals surface area (Å²) in [6, 6.07) is 23.5. The minimum atomic E-state index is -0.325. The number of piperazine rings is 1. The van der Waals surface area contributed by atoms with Gasteiger partial charge in [0.1, 0.15) is 17.3 Å². The molecule has 3 aromatic carbocycles. The number of aromatic nitrogens is 2. The van der Waals surface area contributed by atoms with Gasteiger partial charge >= 0.3 is 0 Å². The lowest BCUT2D eigenvalue weighted by Gasteiger charge is -2.35. The fourth-order valence-corrected chi connectivity index (χ4v) is 4.69. The summed E-state index contributed by atoms with van der Waals surface area (Å²) in [5.74, 6) is 1.61. The van der Waals surface area contributed by atoms with E-state index in [2.05, 4.69) is 25.3 Å². The summed E-state index contributed by atoms with van der Waals surface area (Å²) in [7, 11) is 1.59. The van der Waals surface area contributed by atoms with Crippen LogP contribution in [0.3, 0.4) is 0 Å². The van der Waals surface area contributed by atoms with E-state index in [4.69, 9.17) is 9.47 Å². The zero-order valence-corrected chi connectivity index (χ0v) is 22.6. The lowest BCUT2D eigenvalue weighted by atomic mass is 10.0. The van der Waals surface area contributed by atoms with Crippen LogP contribution in [-0.2, 0) is 6.54 Å². The number of methoxy groups -OCH3 is 1. The number of halogens is 1. The molecule has 0 spiro atoms. The minimum Gasteiger partial charge on any atom is -0.497 e. The number of amides is 1. The molecule has 1 aliphatic heterocycles. The Balaban J connectivity index is 1.14. The number of hydrogen-bond donors (Lipinski definition) is 1. The Bertz CT molecular complexity index is 1440. The van der Waals surface area contributed by atoms with E-state index in [0.717, 1.165) is 48.9 Å². The van der Waals surface area contributed by atoms with Gasteiger partial charge in [0.05, 0.1) is 13.7 Å².